The summed E-state index contributed by atoms with van der Waals surface area (Å²) < 4.78 is 13.3. The molecule has 35 heavy (non-hydrogen) atoms. The lowest BCUT2D eigenvalue weighted by molar-refractivity contribution is -0.131. The fourth-order valence-corrected chi connectivity index (χ4v) is 5.48. The van der Waals surface area contributed by atoms with Crippen molar-refractivity contribution in [2.75, 3.05) is 36.0 Å². The highest BCUT2D eigenvalue weighted by molar-refractivity contribution is 5.79. The monoisotopic (exact) mass is 471 g/mol. The first-order chi connectivity index (χ1) is 17.1. The number of carbonyl (C=O) groups is 1. The van der Waals surface area contributed by atoms with Crippen molar-refractivity contribution in [1.82, 2.24) is 14.9 Å². The molecule has 1 fully saturated rings. The minimum atomic E-state index is -0.284. The summed E-state index contributed by atoms with van der Waals surface area (Å²) in [6, 6.07) is 14.8. The highest BCUT2D eigenvalue weighted by Gasteiger charge is 2.30. The number of benzene rings is 2. The standard InChI is InChI=1S/C28H30FN5O/c29-23-9-7-20(8-10-23)17-26(35)33-16-12-25-24(19-33)27(32-13-3-4-14-32)31-28(30-25)34-15-11-21-5-1-2-6-22(21)18-34/h1-2,5-10H,3-4,11-19H2. The van der Waals surface area contributed by atoms with Gasteiger partial charge in [-0.3, -0.25) is 4.79 Å². The number of aromatic nitrogens is 2. The molecule has 1 saturated heterocycles. The molecule has 180 valence electrons. The van der Waals surface area contributed by atoms with Gasteiger partial charge in [0.15, 0.2) is 0 Å². The Hall–Kier alpha value is -3.48. The number of nitrogens with zero attached hydrogens (tertiary/aromatic N) is 5. The van der Waals surface area contributed by atoms with Crippen LogP contribution >= 0.6 is 0 Å². The zero-order valence-corrected chi connectivity index (χ0v) is 19.9. The van der Waals surface area contributed by atoms with Gasteiger partial charge in [0.1, 0.15) is 11.6 Å². The Labute approximate surface area is 205 Å². The van der Waals surface area contributed by atoms with Crippen LogP contribution in [0.15, 0.2) is 48.5 Å². The first-order valence-electron chi connectivity index (χ1n) is 12.6. The van der Waals surface area contributed by atoms with E-state index in [4.69, 9.17) is 9.97 Å². The van der Waals surface area contributed by atoms with Gasteiger partial charge < -0.3 is 14.7 Å². The van der Waals surface area contributed by atoms with Crippen molar-refractivity contribution in [3.05, 3.63) is 82.3 Å². The number of hydrogen-bond donors (Lipinski definition) is 0. The number of fused-ring (bicyclic) bond motifs is 2. The van der Waals surface area contributed by atoms with Gasteiger partial charge >= 0.3 is 0 Å². The van der Waals surface area contributed by atoms with E-state index >= 15 is 0 Å². The molecule has 0 N–H and O–H groups in total. The zero-order valence-electron chi connectivity index (χ0n) is 19.9. The van der Waals surface area contributed by atoms with Crippen molar-refractivity contribution >= 4 is 17.7 Å². The number of hydrogen-bond acceptors (Lipinski definition) is 5. The molecule has 4 heterocycles. The van der Waals surface area contributed by atoms with Gasteiger partial charge in [-0.15, -0.1) is 0 Å². The van der Waals surface area contributed by atoms with Crippen molar-refractivity contribution in [2.24, 2.45) is 0 Å². The Morgan fingerprint density at radius 3 is 2.40 bits per heavy atom. The first kappa shape index (κ1) is 22.0. The average Bonchev–Trinajstić information content (AvgIpc) is 3.43. The lowest BCUT2D eigenvalue weighted by Gasteiger charge is -2.34. The van der Waals surface area contributed by atoms with E-state index in [9.17, 15) is 9.18 Å². The molecule has 0 spiro atoms. The third-order valence-corrected chi connectivity index (χ3v) is 7.47. The maximum Gasteiger partial charge on any atom is 0.227 e. The summed E-state index contributed by atoms with van der Waals surface area (Å²) in [5.41, 5.74) is 5.75. The minimum absolute atomic E-state index is 0.0614. The molecular formula is C28H30FN5O. The lowest BCUT2D eigenvalue weighted by atomic mass is 10.00. The SMILES string of the molecule is O=C(Cc1ccc(F)cc1)N1CCc2nc(N3CCc4ccccc4C3)nc(N3CCCC3)c2C1. The summed E-state index contributed by atoms with van der Waals surface area (Å²) in [4.78, 5) is 29.8. The van der Waals surface area contributed by atoms with Crippen molar-refractivity contribution in [3.8, 4) is 0 Å². The van der Waals surface area contributed by atoms with Crippen LogP contribution < -0.4 is 9.80 Å². The van der Waals surface area contributed by atoms with E-state index in [1.807, 2.05) is 4.90 Å². The van der Waals surface area contributed by atoms with Crippen LogP contribution in [0.1, 0.15) is 40.8 Å². The summed E-state index contributed by atoms with van der Waals surface area (Å²) in [5.74, 6) is 1.59. The summed E-state index contributed by atoms with van der Waals surface area (Å²) in [6.07, 6.45) is 4.34. The number of carbonyl (C=O) groups excluding carboxylic acids is 1. The van der Waals surface area contributed by atoms with Gasteiger partial charge in [0.2, 0.25) is 11.9 Å². The van der Waals surface area contributed by atoms with E-state index in [1.165, 1.54) is 36.1 Å². The number of rotatable bonds is 4. The number of amides is 1. The Morgan fingerprint density at radius 1 is 0.829 bits per heavy atom. The van der Waals surface area contributed by atoms with Gasteiger partial charge in [-0.2, -0.15) is 4.98 Å². The molecule has 2 aromatic carbocycles. The first-order valence-corrected chi connectivity index (χ1v) is 12.6. The largest absolute Gasteiger partial charge is 0.356 e. The maximum atomic E-state index is 13.3. The van der Waals surface area contributed by atoms with Crippen LogP contribution in [0.5, 0.6) is 0 Å². The predicted octanol–water partition coefficient (Wildman–Crippen LogP) is 3.91. The summed E-state index contributed by atoms with van der Waals surface area (Å²) in [7, 11) is 0. The van der Waals surface area contributed by atoms with Crippen molar-refractivity contribution in [2.45, 2.75) is 45.2 Å². The molecule has 6 rings (SSSR count). The van der Waals surface area contributed by atoms with Crippen molar-refractivity contribution in [1.29, 1.82) is 0 Å². The van der Waals surface area contributed by atoms with Crippen LogP contribution in [-0.2, 0) is 37.1 Å². The van der Waals surface area contributed by atoms with E-state index < -0.39 is 0 Å². The van der Waals surface area contributed by atoms with Crippen LogP contribution in [0.25, 0.3) is 0 Å². The fraction of sp³-hybridized carbons (Fsp3) is 0.393. The molecule has 0 aliphatic carbocycles. The second kappa shape index (κ2) is 9.29. The Morgan fingerprint density at radius 2 is 1.60 bits per heavy atom. The van der Waals surface area contributed by atoms with Crippen molar-refractivity contribution in [3.63, 3.8) is 0 Å². The third kappa shape index (κ3) is 4.47. The second-order valence-corrected chi connectivity index (χ2v) is 9.78. The van der Waals surface area contributed by atoms with Gasteiger partial charge in [-0.25, -0.2) is 9.37 Å². The Balaban J connectivity index is 1.27. The van der Waals surface area contributed by atoms with Gasteiger partial charge in [0, 0.05) is 44.7 Å². The highest BCUT2D eigenvalue weighted by atomic mass is 19.1. The number of anilines is 2. The van der Waals surface area contributed by atoms with E-state index in [-0.39, 0.29) is 18.1 Å². The van der Waals surface area contributed by atoms with E-state index in [0.717, 1.165) is 67.6 Å². The zero-order chi connectivity index (χ0) is 23.8. The molecule has 3 aliphatic heterocycles. The summed E-state index contributed by atoms with van der Waals surface area (Å²) in [5, 5.41) is 0. The Bertz CT molecular complexity index is 1240. The summed E-state index contributed by atoms with van der Waals surface area (Å²) >= 11 is 0. The van der Waals surface area contributed by atoms with Crippen LogP contribution in [-0.4, -0.2) is 47.0 Å². The molecule has 1 aromatic heterocycles. The molecule has 0 saturated carbocycles. The molecular weight excluding hydrogens is 441 g/mol. The average molecular weight is 472 g/mol. The molecule has 0 unspecified atom stereocenters. The molecule has 7 heteroatoms. The third-order valence-electron chi connectivity index (χ3n) is 7.47. The smallest absolute Gasteiger partial charge is 0.227 e. The van der Waals surface area contributed by atoms with Crippen LogP contribution in [0.3, 0.4) is 0 Å². The highest BCUT2D eigenvalue weighted by Crippen LogP contribution is 2.32. The van der Waals surface area contributed by atoms with Gasteiger partial charge in [0.25, 0.3) is 0 Å². The van der Waals surface area contributed by atoms with Gasteiger partial charge in [-0.05, 0) is 48.1 Å². The van der Waals surface area contributed by atoms with Crippen LogP contribution in [0.4, 0.5) is 16.2 Å². The predicted molar refractivity (Wildman–Crippen MR) is 134 cm³/mol. The summed E-state index contributed by atoms with van der Waals surface area (Å²) in [6.45, 7) is 4.91. The van der Waals surface area contributed by atoms with E-state index in [1.54, 1.807) is 12.1 Å². The van der Waals surface area contributed by atoms with Crippen LogP contribution in [0, 0.1) is 5.82 Å². The number of halogens is 1. The minimum Gasteiger partial charge on any atom is -0.356 e. The van der Waals surface area contributed by atoms with E-state index in [0.29, 0.717) is 13.1 Å². The quantitative estimate of drug-likeness (QED) is 0.578. The topological polar surface area (TPSA) is 52.6 Å². The molecule has 3 aromatic rings. The molecule has 0 atom stereocenters. The Kier molecular flexibility index (Phi) is 5.84. The second-order valence-electron chi connectivity index (χ2n) is 9.78. The van der Waals surface area contributed by atoms with Gasteiger partial charge in [0.05, 0.1) is 18.7 Å². The molecule has 1 amide bonds. The lowest BCUT2D eigenvalue weighted by Crippen LogP contribution is -2.39. The van der Waals surface area contributed by atoms with E-state index in [2.05, 4.69) is 34.1 Å². The van der Waals surface area contributed by atoms with Gasteiger partial charge in [-0.1, -0.05) is 36.4 Å². The molecule has 0 radical (unpaired) electrons. The van der Waals surface area contributed by atoms with Crippen molar-refractivity contribution < 1.29 is 9.18 Å². The molecule has 3 aliphatic rings. The fourth-order valence-electron chi connectivity index (χ4n) is 5.48. The normalized spacial score (nSPS) is 17.3. The maximum absolute atomic E-state index is 13.3. The molecule has 0 bridgehead atoms. The molecule has 6 nitrogen and oxygen atoms in total. The van der Waals surface area contributed by atoms with Crippen LogP contribution in [0.2, 0.25) is 0 Å².